The van der Waals surface area contributed by atoms with Crippen molar-refractivity contribution in [1.29, 1.82) is 0 Å². The lowest BCUT2D eigenvalue weighted by Crippen LogP contribution is -2.02. The van der Waals surface area contributed by atoms with Crippen LogP contribution in [0.1, 0.15) is 21.5 Å². The van der Waals surface area contributed by atoms with Crippen molar-refractivity contribution in [3.63, 3.8) is 0 Å². The van der Waals surface area contributed by atoms with Crippen LogP contribution in [-0.2, 0) is 11.3 Å². The van der Waals surface area contributed by atoms with E-state index in [1.54, 1.807) is 0 Å². The third-order valence-electron chi connectivity index (χ3n) is 3.70. The second kappa shape index (κ2) is 5.44. The molecule has 3 nitrogen and oxygen atoms in total. The minimum absolute atomic E-state index is 0.291. The van der Waals surface area contributed by atoms with Gasteiger partial charge >= 0.3 is 5.97 Å². The Morgan fingerprint density at radius 3 is 2.57 bits per heavy atom. The molecule has 0 amide bonds. The van der Waals surface area contributed by atoms with E-state index in [1.807, 2.05) is 43.3 Å². The fourth-order valence-corrected chi connectivity index (χ4v) is 2.75. The zero-order valence-electron chi connectivity index (χ0n) is 12.2. The standard InChI is InChI=1S/C18H17NO2/c1-13-11-19(12-14-7-4-3-5-8-14)16-10-6-9-15(17(13)16)18(20)21-2/h3-11H,12H2,1-2H3. The predicted molar refractivity (Wildman–Crippen MR) is 83.6 cm³/mol. The highest BCUT2D eigenvalue weighted by atomic mass is 16.5. The zero-order chi connectivity index (χ0) is 14.8. The van der Waals surface area contributed by atoms with E-state index >= 15 is 0 Å². The molecule has 0 atom stereocenters. The molecule has 0 aliphatic rings. The quantitative estimate of drug-likeness (QED) is 0.683. The normalized spacial score (nSPS) is 10.8. The van der Waals surface area contributed by atoms with E-state index in [1.165, 1.54) is 12.7 Å². The highest BCUT2D eigenvalue weighted by Crippen LogP contribution is 2.26. The number of nitrogens with zero attached hydrogens (tertiary/aromatic N) is 1. The van der Waals surface area contributed by atoms with Crippen LogP contribution >= 0.6 is 0 Å². The predicted octanol–water partition coefficient (Wildman–Crippen LogP) is 3.78. The number of methoxy groups -OCH3 is 1. The SMILES string of the molecule is COC(=O)c1cccc2c1c(C)cn2Cc1ccccc1. The van der Waals surface area contributed by atoms with Gasteiger partial charge in [0.1, 0.15) is 0 Å². The summed E-state index contributed by atoms with van der Waals surface area (Å²) in [5, 5.41) is 0.972. The molecular weight excluding hydrogens is 262 g/mol. The summed E-state index contributed by atoms with van der Waals surface area (Å²) >= 11 is 0. The van der Waals surface area contributed by atoms with Gasteiger partial charge in [-0.15, -0.1) is 0 Å². The second-order valence-electron chi connectivity index (χ2n) is 5.12. The van der Waals surface area contributed by atoms with Crippen LogP contribution in [0.2, 0.25) is 0 Å². The van der Waals surface area contributed by atoms with Crippen LogP contribution in [0, 0.1) is 6.92 Å². The molecule has 0 fully saturated rings. The molecule has 0 spiro atoms. The zero-order valence-corrected chi connectivity index (χ0v) is 12.2. The number of hydrogen-bond donors (Lipinski definition) is 0. The number of ether oxygens (including phenoxy) is 1. The maximum atomic E-state index is 11.9. The van der Waals surface area contributed by atoms with E-state index in [0.717, 1.165) is 23.0 Å². The summed E-state index contributed by atoms with van der Waals surface area (Å²) < 4.78 is 7.05. The van der Waals surface area contributed by atoms with Crippen LogP contribution in [0.15, 0.2) is 54.7 Å². The fraction of sp³-hybridized carbons (Fsp3) is 0.167. The Morgan fingerprint density at radius 1 is 1.10 bits per heavy atom. The van der Waals surface area contributed by atoms with Crippen LogP contribution in [0.3, 0.4) is 0 Å². The summed E-state index contributed by atoms with van der Waals surface area (Å²) in [6.07, 6.45) is 2.09. The summed E-state index contributed by atoms with van der Waals surface area (Å²) in [4.78, 5) is 11.9. The number of rotatable bonds is 3. The fourth-order valence-electron chi connectivity index (χ4n) is 2.75. The first kappa shape index (κ1) is 13.4. The molecule has 2 aromatic carbocycles. The molecule has 0 aliphatic heterocycles. The highest BCUT2D eigenvalue weighted by molar-refractivity contribution is 6.05. The first-order valence-corrected chi connectivity index (χ1v) is 6.91. The van der Waals surface area contributed by atoms with Crippen molar-refractivity contribution >= 4 is 16.9 Å². The van der Waals surface area contributed by atoms with Crippen molar-refractivity contribution in [2.24, 2.45) is 0 Å². The van der Waals surface area contributed by atoms with Gasteiger partial charge in [-0.2, -0.15) is 0 Å². The topological polar surface area (TPSA) is 31.2 Å². The van der Waals surface area contributed by atoms with Gasteiger partial charge in [0.05, 0.1) is 12.7 Å². The molecular formula is C18H17NO2. The van der Waals surface area contributed by atoms with E-state index in [0.29, 0.717) is 5.56 Å². The summed E-state index contributed by atoms with van der Waals surface area (Å²) in [5.74, 6) is -0.291. The molecule has 0 saturated heterocycles. The Hall–Kier alpha value is -2.55. The number of aromatic nitrogens is 1. The molecule has 0 aliphatic carbocycles. The largest absolute Gasteiger partial charge is 0.465 e. The molecule has 0 unspecified atom stereocenters. The summed E-state index contributed by atoms with van der Waals surface area (Å²) in [5.41, 5.74) is 4.00. The molecule has 106 valence electrons. The van der Waals surface area contributed by atoms with E-state index in [-0.39, 0.29) is 5.97 Å². The first-order valence-electron chi connectivity index (χ1n) is 6.91. The molecule has 0 N–H and O–H groups in total. The van der Waals surface area contributed by atoms with E-state index < -0.39 is 0 Å². The molecule has 3 rings (SSSR count). The average molecular weight is 279 g/mol. The van der Waals surface area contributed by atoms with Crippen molar-refractivity contribution < 1.29 is 9.53 Å². The summed E-state index contributed by atoms with van der Waals surface area (Å²) in [7, 11) is 1.41. The van der Waals surface area contributed by atoms with Gasteiger partial charge in [0.15, 0.2) is 0 Å². The maximum Gasteiger partial charge on any atom is 0.338 e. The Balaban J connectivity index is 2.12. The molecule has 0 bridgehead atoms. The van der Waals surface area contributed by atoms with Crippen LogP contribution in [0.4, 0.5) is 0 Å². The number of hydrogen-bond acceptors (Lipinski definition) is 2. The Bertz CT molecular complexity index is 788. The molecule has 0 radical (unpaired) electrons. The lowest BCUT2D eigenvalue weighted by molar-refractivity contribution is 0.0603. The number of fused-ring (bicyclic) bond motifs is 1. The average Bonchev–Trinajstić information content (AvgIpc) is 2.84. The van der Waals surface area contributed by atoms with E-state index in [4.69, 9.17) is 4.74 Å². The van der Waals surface area contributed by atoms with E-state index in [9.17, 15) is 4.79 Å². The maximum absolute atomic E-state index is 11.9. The number of benzene rings is 2. The minimum Gasteiger partial charge on any atom is -0.465 e. The van der Waals surface area contributed by atoms with Gasteiger partial charge in [-0.1, -0.05) is 36.4 Å². The monoisotopic (exact) mass is 279 g/mol. The van der Waals surface area contributed by atoms with Gasteiger partial charge < -0.3 is 9.30 Å². The number of aryl methyl sites for hydroxylation is 1. The lowest BCUT2D eigenvalue weighted by atomic mass is 10.1. The molecule has 0 saturated carbocycles. The molecule has 3 heteroatoms. The number of esters is 1. The van der Waals surface area contributed by atoms with Crippen molar-refractivity contribution in [3.05, 3.63) is 71.4 Å². The highest BCUT2D eigenvalue weighted by Gasteiger charge is 2.15. The van der Waals surface area contributed by atoms with Crippen LogP contribution in [0.5, 0.6) is 0 Å². The third-order valence-corrected chi connectivity index (χ3v) is 3.70. The molecule has 1 heterocycles. The first-order chi connectivity index (χ1) is 10.2. The number of carbonyl (C=O) groups excluding carboxylic acids is 1. The van der Waals surface area contributed by atoms with Crippen LogP contribution in [0.25, 0.3) is 10.9 Å². The van der Waals surface area contributed by atoms with Gasteiger partial charge in [-0.25, -0.2) is 4.79 Å². The Labute approximate surface area is 123 Å². The summed E-state index contributed by atoms with van der Waals surface area (Å²) in [6, 6.07) is 16.0. The Kier molecular flexibility index (Phi) is 3.48. The van der Waals surface area contributed by atoms with Crippen molar-refractivity contribution in [2.75, 3.05) is 7.11 Å². The molecule has 21 heavy (non-hydrogen) atoms. The number of carbonyl (C=O) groups is 1. The van der Waals surface area contributed by atoms with Gasteiger partial charge in [0.25, 0.3) is 0 Å². The van der Waals surface area contributed by atoms with Gasteiger partial charge in [-0.05, 0) is 30.2 Å². The van der Waals surface area contributed by atoms with Crippen molar-refractivity contribution in [3.8, 4) is 0 Å². The van der Waals surface area contributed by atoms with Crippen LogP contribution < -0.4 is 0 Å². The van der Waals surface area contributed by atoms with Gasteiger partial charge in [-0.3, -0.25) is 0 Å². The van der Waals surface area contributed by atoms with Crippen molar-refractivity contribution in [1.82, 2.24) is 4.57 Å². The lowest BCUT2D eigenvalue weighted by Gasteiger charge is -2.07. The molecule has 1 aromatic heterocycles. The van der Waals surface area contributed by atoms with Crippen LogP contribution in [-0.4, -0.2) is 17.6 Å². The van der Waals surface area contributed by atoms with Gasteiger partial charge in [0, 0.05) is 23.6 Å². The smallest absolute Gasteiger partial charge is 0.338 e. The van der Waals surface area contributed by atoms with Gasteiger partial charge in [0.2, 0.25) is 0 Å². The third kappa shape index (κ3) is 2.42. The van der Waals surface area contributed by atoms with E-state index in [2.05, 4.69) is 22.9 Å². The Morgan fingerprint density at radius 2 is 1.86 bits per heavy atom. The summed E-state index contributed by atoms with van der Waals surface area (Å²) in [6.45, 7) is 2.81. The minimum atomic E-state index is -0.291. The second-order valence-corrected chi connectivity index (χ2v) is 5.12. The molecule has 3 aromatic rings. The van der Waals surface area contributed by atoms with Crippen molar-refractivity contribution in [2.45, 2.75) is 13.5 Å².